The Hall–Kier alpha value is -0.560. The van der Waals surface area contributed by atoms with E-state index in [-0.39, 0.29) is 0 Å². The minimum atomic E-state index is -0.716. The van der Waals surface area contributed by atoms with Gasteiger partial charge in [-0.05, 0) is 31.3 Å². The lowest BCUT2D eigenvalue weighted by Crippen LogP contribution is -2.30. The van der Waals surface area contributed by atoms with Crippen LogP contribution in [0.5, 0.6) is 0 Å². The van der Waals surface area contributed by atoms with Crippen molar-refractivity contribution in [1.82, 2.24) is 0 Å². The molecule has 0 aromatic carbocycles. The van der Waals surface area contributed by atoms with Crippen molar-refractivity contribution < 1.29 is 5.11 Å². The Labute approximate surface area is 68.4 Å². The lowest BCUT2D eigenvalue weighted by molar-refractivity contribution is 0.107. The fraction of sp³-hybridized carbons (Fsp3) is 0.600. The first-order chi connectivity index (χ1) is 5.04. The van der Waals surface area contributed by atoms with Gasteiger partial charge in [0.05, 0.1) is 0 Å². The molecule has 0 unspecified atom stereocenters. The van der Waals surface area contributed by atoms with Crippen LogP contribution in [-0.4, -0.2) is 10.7 Å². The molecule has 11 heavy (non-hydrogen) atoms. The monoisotopic (exact) mass is 152 g/mol. The van der Waals surface area contributed by atoms with E-state index in [4.69, 9.17) is 0 Å². The van der Waals surface area contributed by atoms with E-state index in [9.17, 15) is 5.11 Å². The van der Waals surface area contributed by atoms with Crippen molar-refractivity contribution in [2.24, 2.45) is 5.92 Å². The Morgan fingerprint density at radius 2 is 2.36 bits per heavy atom. The predicted molar refractivity (Wildman–Crippen MR) is 47.3 cm³/mol. The highest BCUT2D eigenvalue weighted by molar-refractivity contribution is 5.22. The van der Waals surface area contributed by atoms with Crippen LogP contribution in [0.4, 0.5) is 0 Å². The second kappa shape index (κ2) is 2.82. The summed E-state index contributed by atoms with van der Waals surface area (Å²) in [5, 5.41) is 9.88. The van der Waals surface area contributed by atoms with Gasteiger partial charge in [0.2, 0.25) is 0 Å². The van der Waals surface area contributed by atoms with Crippen molar-refractivity contribution in [3.05, 3.63) is 24.3 Å². The van der Waals surface area contributed by atoms with Crippen molar-refractivity contribution in [2.75, 3.05) is 0 Å². The van der Waals surface area contributed by atoms with Crippen molar-refractivity contribution in [3.63, 3.8) is 0 Å². The van der Waals surface area contributed by atoms with E-state index < -0.39 is 5.60 Å². The lowest BCUT2D eigenvalue weighted by Gasteiger charge is -2.30. The minimum absolute atomic E-state index is 0.606. The summed E-state index contributed by atoms with van der Waals surface area (Å²) < 4.78 is 0. The number of hydrogen-bond acceptors (Lipinski definition) is 1. The Bertz CT molecular complexity index is 193. The zero-order valence-corrected chi connectivity index (χ0v) is 7.30. The summed E-state index contributed by atoms with van der Waals surface area (Å²) in [6.07, 6.45) is 5.82. The Morgan fingerprint density at radius 3 is 2.73 bits per heavy atom. The molecule has 1 aliphatic carbocycles. The first kappa shape index (κ1) is 8.54. The summed E-state index contributed by atoms with van der Waals surface area (Å²) in [5.41, 5.74) is 0.132. The molecule has 0 aliphatic heterocycles. The van der Waals surface area contributed by atoms with E-state index in [1.165, 1.54) is 0 Å². The van der Waals surface area contributed by atoms with Gasteiger partial charge in [-0.2, -0.15) is 0 Å². The van der Waals surface area contributed by atoms with Gasteiger partial charge in [0, 0.05) is 0 Å². The van der Waals surface area contributed by atoms with Crippen LogP contribution in [0.2, 0.25) is 0 Å². The molecule has 0 aromatic heterocycles. The Balaban J connectivity index is 2.76. The van der Waals surface area contributed by atoms with Crippen LogP contribution >= 0.6 is 0 Å². The zero-order valence-electron chi connectivity index (χ0n) is 7.30. The number of rotatable bonds is 1. The van der Waals surface area contributed by atoms with Gasteiger partial charge in [-0.25, -0.2) is 0 Å². The molecule has 0 amide bonds. The molecule has 0 radical (unpaired) electrons. The number of aliphatic hydroxyl groups is 1. The smallest absolute Gasteiger partial charge is 0.103 e. The number of allylic oxidation sites excluding steroid dienone is 1. The quantitative estimate of drug-likeness (QED) is 0.571. The van der Waals surface area contributed by atoms with E-state index in [0.717, 1.165) is 18.4 Å². The fourth-order valence-corrected chi connectivity index (χ4v) is 1.31. The molecule has 0 aromatic rings. The minimum Gasteiger partial charge on any atom is -0.381 e. The van der Waals surface area contributed by atoms with Crippen LogP contribution in [-0.2, 0) is 0 Å². The van der Waals surface area contributed by atoms with E-state index in [0.29, 0.717) is 5.92 Å². The van der Waals surface area contributed by atoms with Crippen LogP contribution in [0.15, 0.2) is 24.3 Å². The van der Waals surface area contributed by atoms with Crippen molar-refractivity contribution in [2.45, 2.75) is 32.3 Å². The second-order valence-electron chi connectivity index (χ2n) is 3.58. The second-order valence-corrected chi connectivity index (χ2v) is 3.58. The molecule has 0 spiro atoms. The third-order valence-corrected chi connectivity index (χ3v) is 2.42. The first-order valence-corrected chi connectivity index (χ1v) is 4.12. The third kappa shape index (κ3) is 1.72. The van der Waals surface area contributed by atoms with E-state index in [1.807, 2.05) is 13.0 Å². The third-order valence-electron chi connectivity index (χ3n) is 2.42. The molecule has 1 rings (SSSR count). The molecule has 0 bridgehead atoms. The van der Waals surface area contributed by atoms with Crippen molar-refractivity contribution in [3.8, 4) is 0 Å². The van der Waals surface area contributed by atoms with Crippen LogP contribution in [0, 0.1) is 5.92 Å². The molecular weight excluding hydrogens is 136 g/mol. The SMILES string of the molecule is C=C(C)[C@]1(O)C=C[C@H](C)CC1. The van der Waals surface area contributed by atoms with Gasteiger partial charge in [0.1, 0.15) is 5.60 Å². The molecule has 0 heterocycles. The summed E-state index contributed by atoms with van der Waals surface area (Å²) in [7, 11) is 0. The van der Waals surface area contributed by atoms with E-state index in [1.54, 1.807) is 0 Å². The molecular formula is C10H16O. The van der Waals surface area contributed by atoms with Gasteiger partial charge < -0.3 is 5.11 Å². The van der Waals surface area contributed by atoms with Crippen molar-refractivity contribution in [1.29, 1.82) is 0 Å². The predicted octanol–water partition coefficient (Wildman–Crippen LogP) is 2.28. The molecule has 1 N–H and O–H groups in total. The van der Waals surface area contributed by atoms with Crippen molar-refractivity contribution >= 4 is 0 Å². The highest BCUT2D eigenvalue weighted by Gasteiger charge is 2.27. The topological polar surface area (TPSA) is 20.2 Å². The Morgan fingerprint density at radius 1 is 1.73 bits per heavy atom. The van der Waals surface area contributed by atoms with Crippen LogP contribution in [0.3, 0.4) is 0 Å². The first-order valence-electron chi connectivity index (χ1n) is 4.12. The van der Waals surface area contributed by atoms with Gasteiger partial charge in [-0.1, -0.05) is 25.7 Å². The molecule has 0 fully saturated rings. The molecule has 62 valence electrons. The molecule has 2 atom stereocenters. The Kier molecular flexibility index (Phi) is 2.19. The average molecular weight is 152 g/mol. The van der Waals surface area contributed by atoms with Crippen LogP contribution < -0.4 is 0 Å². The maximum Gasteiger partial charge on any atom is 0.103 e. The van der Waals surface area contributed by atoms with Gasteiger partial charge >= 0.3 is 0 Å². The largest absolute Gasteiger partial charge is 0.381 e. The molecule has 1 heteroatoms. The highest BCUT2D eigenvalue weighted by atomic mass is 16.3. The maximum atomic E-state index is 9.88. The molecule has 1 nitrogen and oxygen atoms in total. The maximum absolute atomic E-state index is 9.88. The summed E-state index contributed by atoms with van der Waals surface area (Å²) in [4.78, 5) is 0. The highest BCUT2D eigenvalue weighted by Crippen LogP contribution is 2.30. The van der Waals surface area contributed by atoms with E-state index in [2.05, 4.69) is 19.6 Å². The number of hydrogen-bond donors (Lipinski definition) is 1. The summed E-state index contributed by atoms with van der Waals surface area (Å²) in [6, 6.07) is 0. The van der Waals surface area contributed by atoms with Gasteiger partial charge in [0.25, 0.3) is 0 Å². The summed E-state index contributed by atoms with van der Waals surface area (Å²) >= 11 is 0. The average Bonchev–Trinajstić information content (AvgIpc) is 1.95. The molecule has 1 aliphatic rings. The standard InChI is InChI=1S/C10H16O/c1-8(2)10(11)6-4-9(3)5-7-10/h4,6,9,11H,1,5,7H2,2-3H3/t9-,10-/m0/s1. The normalized spacial score (nSPS) is 37.2. The lowest BCUT2D eigenvalue weighted by atomic mass is 9.82. The summed E-state index contributed by atoms with van der Waals surface area (Å²) in [5.74, 6) is 0.606. The zero-order chi connectivity index (χ0) is 8.48. The van der Waals surface area contributed by atoms with E-state index >= 15 is 0 Å². The van der Waals surface area contributed by atoms with Gasteiger partial charge in [-0.3, -0.25) is 0 Å². The summed E-state index contributed by atoms with van der Waals surface area (Å²) in [6.45, 7) is 7.81. The fourth-order valence-electron chi connectivity index (χ4n) is 1.31. The van der Waals surface area contributed by atoms with Crippen LogP contribution in [0.25, 0.3) is 0 Å². The molecule has 0 saturated carbocycles. The van der Waals surface area contributed by atoms with Gasteiger partial charge in [-0.15, -0.1) is 0 Å². The van der Waals surface area contributed by atoms with Crippen LogP contribution in [0.1, 0.15) is 26.7 Å². The van der Waals surface area contributed by atoms with Gasteiger partial charge in [0.15, 0.2) is 0 Å². The molecule has 0 saturated heterocycles.